The van der Waals surface area contributed by atoms with Gasteiger partial charge in [-0.1, -0.05) is 0 Å². The number of nitrogens with one attached hydrogen (secondary N) is 1. The van der Waals surface area contributed by atoms with Crippen LogP contribution in [0.25, 0.3) is 0 Å². The molecule has 1 amide bonds. The summed E-state index contributed by atoms with van der Waals surface area (Å²) in [6.45, 7) is 10.9. The monoisotopic (exact) mass is 429 g/mol. The Morgan fingerprint density at radius 2 is 1.97 bits per heavy atom. The Balaban J connectivity index is 1.71. The first-order chi connectivity index (χ1) is 14.8. The molecular formula is C24H32FN3O3. The first-order valence-electron chi connectivity index (χ1n) is 10.9. The SMILES string of the molecule is CC(C)Oc1ncc(Oc2ccc(F)cc2)cc1C(=O)NC[C@H]1CCCN(C(C)C)C1. The van der Waals surface area contributed by atoms with E-state index in [0.29, 0.717) is 35.6 Å². The van der Waals surface area contributed by atoms with Crippen molar-refractivity contribution in [1.29, 1.82) is 0 Å². The highest BCUT2D eigenvalue weighted by Gasteiger charge is 2.23. The molecule has 0 spiro atoms. The molecule has 1 aromatic carbocycles. The fourth-order valence-corrected chi connectivity index (χ4v) is 3.67. The number of nitrogens with zero attached hydrogens (tertiary/aromatic N) is 2. The van der Waals surface area contributed by atoms with Gasteiger partial charge >= 0.3 is 0 Å². The number of pyridine rings is 1. The average molecular weight is 430 g/mol. The maximum atomic E-state index is 13.1. The lowest BCUT2D eigenvalue weighted by Gasteiger charge is -2.35. The van der Waals surface area contributed by atoms with Gasteiger partial charge in [0.2, 0.25) is 5.88 Å². The molecule has 0 bridgehead atoms. The molecule has 168 valence electrons. The summed E-state index contributed by atoms with van der Waals surface area (Å²) in [4.78, 5) is 19.7. The summed E-state index contributed by atoms with van der Waals surface area (Å²) in [5.74, 6) is 0.950. The van der Waals surface area contributed by atoms with Crippen molar-refractivity contribution in [3.63, 3.8) is 0 Å². The predicted octanol–water partition coefficient (Wildman–Crippen LogP) is 4.65. The lowest BCUT2D eigenvalue weighted by Crippen LogP contribution is -2.43. The van der Waals surface area contributed by atoms with E-state index < -0.39 is 0 Å². The van der Waals surface area contributed by atoms with Crippen molar-refractivity contribution < 1.29 is 18.7 Å². The highest BCUT2D eigenvalue weighted by molar-refractivity contribution is 5.96. The van der Waals surface area contributed by atoms with Crippen molar-refractivity contribution >= 4 is 5.91 Å². The molecule has 1 atom stereocenters. The van der Waals surface area contributed by atoms with Gasteiger partial charge < -0.3 is 19.7 Å². The molecule has 31 heavy (non-hydrogen) atoms. The van der Waals surface area contributed by atoms with Crippen molar-refractivity contribution in [2.24, 2.45) is 5.92 Å². The van der Waals surface area contributed by atoms with E-state index in [4.69, 9.17) is 9.47 Å². The number of ether oxygens (including phenoxy) is 2. The molecule has 0 radical (unpaired) electrons. The summed E-state index contributed by atoms with van der Waals surface area (Å²) < 4.78 is 24.6. The molecule has 6 nitrogen and oxygen atoms in total. The third kappa shape index (κ3) is 6.66. The van der Waals surface area contributed by atoms with Gasteiger partial charge in [-0.2, -0.15) is 0 Å². The van der Waals surface area contributed by atoms with E-state index in [1.807, 2.05) is 13.8 Å². The first kappa shape index (κ1) is 23.0. The molecular weight excluding hydrogens is 397 g/mol. The quantitative estimate of drug-likeness (QED) is 0.662. The molecule has 1 saturated heterocycles. The number of benzene rings is 1. The number of carbonyl (C=O) groups is 1. The molecule has 0 unspecified atom stereocenters. The summed E-state index contributed by atoms with van der Waals surface area (Å²) >= 11 is 0. The van der Waals surface area contributed by atoms with Gasteiger partial charge in [-0.3, -0.25) is 4.79 Å². The van der Waals surface area contributed by atoms with Crippen LogP contribution in [-0.2, 0) is 0 Å². The Labute approximate surface area is 183 Å². The van der Waals surface area contributed by atoms with Crippen LogP contribution in [0.5, 0.6) is 17.4 Å². The topological polar surface area (TPSA) is 63.7 Å². The Morgan fingerprint density at radius 1 is 1.23 bits per heavy atom. The smallest absolute Gasteiger partial charge is 0.256 e. The molecule has 3 rings (SSSR count). The number of hydrogen-bond donors (Lipinski definition) is 1. The average Bonchev–Trinajstić information content (AvgIpc) is 2.74. The maximum Gasteiger partial charge on any atom is 0.256 e. The number of hydrogen-bond acceptors (Lipinski definition) is 5. The van der Waals surface area contributed by atoms with Crippen LogP contribution >= 0.6 is 0 Å². The van der Waals surface area contributed by atoms with Gasteiger partial charge in [-0.15, -0.1) is 0 Å². The molecule has 1 fully saturated rings. The zero-order chi connectivity index (χ0) is 22.4. The largest absolute Gasteiger partial charge is 0.474 e. The minimum atomic E-state index is -0.343. The molecule has 1 aromatic heterocycles. The predicted molar refractivity (Wildman–Crippen MR) is 118 cm³/mol. The fourth-order valence-electron chi connectivity index (χ4n) is 3.67. The van der Waals surface area contributed by atoms with E-state index >= 15 is 0 Å². The highest BCUT2D eigenvalue weighted by Crippen LogP contribution is 2.27. The zero-order valence-corrected chi connectivity index (χ0v) is 18.7. The van der Waals surface area contributed by atoms with Crippen molar-refractivity contribution in [2.45, 2.75) is 52.7 Å². The Kier molecular flexibility index (Phi) is 7.85. The van der Waals surface area contributed by atoms with Gasteiger partial charge in [0, 0.05) is 25.2 Å². The molecule has 0 saturated carbocycles. The molecule has 1 N–H and O–H groups in total. The highest BCUT2D eigenvalue weighted by atomic mass is 19.1. The van der Waals surface area contributed by atoms with Crippen LogP contribution in [-0.4, -0.2) is 47.6 Å². The molecule has 1 aliphatic rings. The van der Waals surface area contributed by atoms with Crippen LogP contribution in [0.2, 0.25) is 0 Å². The number of halogens is 1. The summed E-state index contributed by atoms with van der Waals surface area (Å²) in [5, 5.41) is 3.05. The number of carbonyl (C=O) groups excluding carboxylic acids is 1. The van der Waals surface area contributed by atoms with Gasteiger partial charge in [0.05, 0.1) is 12.3 Å². The number of aromatic nitrogens is 1. The summed E-state index contributed by atoms with van der Waals surface area (Å²) in [6, 6.07) is 7.81. The van der Waals surface area contributed by atoms with E-state index in [9.17, 15) is 9.18 Å². The first-order valence-corrected chi connectivity index (χ1v) is 10.9. The maximum absolute atomic E-state index is 13.1. The fraction of sp³-hybridized carbons (Fsp3) is 0.500. The van der Waals surface area contributed by atoms with Gasteiger partial charge in [-0.05, 0) is 77.3 Å². The van der Waals surface area contributed by atoms with Gasteiger partial charge in [0.25, 0.3) is 5.91 Å². The van der Waals surface area contributed by atoms with Crippen molar-refractivity contribution in [3.8, 4) is 17.4 Å². The minimum absolute atomic E-state index is 0.124. The van der Waals surface area contributed by atoms with Crippen LogP contribution in [0.4, 0.5) is 4.39 Å². The second-order valence-electron chi connectivity index (χ2n) is 8.55. The zero-order valence-electron chi connectivity index (χ0n) is 18.7. The minimum Gasteiger partial charge on any atom is -0.474 e. The molecule has 0 aliphatic carbocycles. The number of piperidine rings is 1. The number of rotatable bonds is 8. The Hall–Kier alpha value is -2.67. The van der Waals surface area contributed by atoms with Crippen LogP contribution in [0.1, 0.15) is 50.9 Å². The molecule has 2 heterocycles. The summed E-state index contributed by atoms with van der Waals surface area (Å²) in [5.41, 5.74) is 0.324. The third-order valence-electron chi connectivity index (χ3n) is 5.30. The molecule has 7 heteroatoms. The standard InChI is InChI=1S/C24H32FN3O3/c1-16(2)28-11-5-6-18(15-28)13-26-23(29)22-12-21(14-27-24(22)30-17(3)4)31-20-9-7-19(25)8-10-20/h7-10,12,14,16-18H,5-6,11,13,15H2,1-4H3,(H,26,29)/t18-/m1/s1. The van der Waals surface area contributed by atoms with Crippen molar-refractivity contribution in [3.05, 3.63) is 47.9 Å². The van der Waals surface area contributed by atoms with Crippen molar-refractivity contribution in [1.82, 2.24) is 15.2 Å². The van der Waals surface area contributed by atoms with E-state index in [1.165, 1.54) is 30.5 Å². The van der Waals surface area contributed by atoms with Crippen LogP contribution in [0.3, 0.4) is 0 Å². The van der Waals surface area contributed by atoms with Crippen molar-refractivity contribution in [2.75, 3.05) is 19.6 Å². The Morgan fingerprint density at radius 3 is 2.65 bits per heavy atom. The lowest BCUT2D eigenvalue weighted by atomic mass is 9.97. The number of likely N-dealkylation sites (tertiary alicyclic amines) is 1. The van der Waals surface area contributed by atoms with E-state index in [1.54, 1.807) is 6.07 Å². The molecule has 1 aliphatic heterocycles. The normalized spacial score (nSPS) is 17.1. The van der Waals surface area contributed by atoms with E-state index in [2.05, 4.69) is 29.0 Å². The second-order valence-corrected chi connectivity index (χ2v) is 8.55. The van der Waals surface area contributed by atoms with Gasteiger partial charge in [0.15, 0.2) is 0 Å². The third-order valence-corrected chi connectivity index (χ3v) is 5.30. The van der Waals surface area contributed by atoms with Gasteiger partial charge in [-0.25, -0.2) is 9.37 Å². The van der Waals surface area contributed by atoms with Gasteiger partial charge in [0.1, 0.15) is 22.9 Å². The van der Waals surface area contributed by atoms with E-state index in [0.717, 1.165) is 25.9 Å². The summed E-state index contributed by atoms with van der Waals surface area (Å²) in [7, 11) is 0. The van der Waals surface area contributed by atoms with E-state index in [-0.39, 0.29) is 23.7 Å². The van der Waals surface area contributed by atoms with Crippen LogP contribution < -0.4 is 14.8 Å². The summed E-state index contributed by atoms with van der Waals surface area (Å²) in [6.07, 6.45) is 3.62. The Bertz CT molecular complexity index is 871. The number of amides is 1. The second kappa shape index (κ2) is 10.6. The van der Waals surface area contributed by atoms with Crippen LogP contribution in [0, 0.1) is 11.7 Å². The lowest BCUT2D eigenvalue weighted by molar-refractivity contribution is 0.0915. The molecule has 2 aromatic rings. The van der Waals surface area contributed by atoms with Crippen LogP contribution in [0.15, 0.2) is 36.5 Å².